The van der Waals surface area contributed by atoms with Crippen LogP contribution in [0.4, 0.5) is 0 Å². The summed E-state index contributed by atoms with van der Waals surface area (Å²) in [5.41, 5.74) is 1.20. The molecule has 1 heterocycles. The van der Waals surface area contributed by atoms with Crippen molar-refractivity contribution in [2.45, 2.75) is 25.7 Å². The third-order valence-corrected chi connectivity index (χ3v) is 5.10. The summed E-state index contributed by atoms with van der Waals surface area (Å²) in [5, 5.41) is 6.18. The van der Waals surface area contributed by atoms with Gasteiger partial charge in [-0.05, 0) is 25.0 Å². The van der Waals surface area contributed by atoms with Gasteiger partial charge in [-0.25, -0.2) is 4.98 Å². The Kier molecular flexibility index (Phi) is 7.68. The molecule has 0 saturated carbocycles. The highest BCUT2D eigenvalue weighted by atomic mass is 35.5. The predicted molar refractivity (Wildman–Crippen MR) is 100 cm³/mol. The number of thiazole rings is 1. The van der Waals surface area contributed by atoms with Crippen LogP contribution in [-0.2, 0) is 9.53 Å². The van der Waals surface area contributed by atoms with Crippen LogP contribution in [-0.4, -0.2) is 30.5 Å². The van der Waals surface area contributed by atoms with Crippen molar-refractivity contribution in [3.05, 3.63) is 39.3 Å². The fourth-order valence-corrected chi connectivity index (χ4v) is 3.20. The highest BCUT2D eigenvalue weighted by Gasteiger charge is 2.12. The lowest BCUT2D eigenvalue weighted by Gasteiger charge is -2.03. The molecule has 1 N–H and O–H groups in total. The third kappa shape index (κ3) is 5.99. The summed E-state index contributed by atoms with van der Waals surface area (Å²) in [6.45, 7) is 0.541. The number of ether oxygens (including phenoxy) is 1. The molecule has 0 fully saturated rings. The summed E-state index contributed by atoms with van der Waals surface area (Å²) in [7, 11) is 1.38. The van der Waals surface area contributed by atoms with Gasteiger partial charge < -0.3 is 10.1 Å². The normalized spacial score (nSPS) is 10.5. The van der Waals surface area contributed by atoms with Crippen molar-refractivity contribution >= 4 is 46.4 Å². The molecule has 2 rings (SSSR count). The molecule has 25 heavy (non-hydrogen) atoms. The van der Waals surface area contributed by atoms with E-state index in [0.717, 1.165) is 24.8 Å². The van der Waals surface area contributed by atoms with Gasteiger partial charge in [-0.3, -0.25) is 9.59 Å². The van der Waals surface area contributed by atoms with Gasteiger partial charge in [0.05, 0.1) is 17.2 Å². The van der Waals surface area contributed by atoms with Crippen LogP contribution in [0.5, 0.6) is 0 Å². The van der Waals surface area contributed by atoms with Crippen molar-refractivity contribution in [1.29, 1.82) is 0 Å². The van der Waals surface area contributed by atoms with E-state index in [4.69, 9.17) is 23.2 Å². The Balaban J connectivity index is 1.80. The number of nitrogens with one attached hydrogen (secondary N) is 1. The summed E-state index contributed by atoms with van der Waals surface area (Å²) in [6, 6.07) is 5.25. The topological polar surface area (TPSA) is 68.3 Å². The molecule has 1 amide bonds. The van der Waals surface area contributed by atoms with Crippen LogP contribution in [0.1, 0.15) is 36.2 Å². The number of esters is 1. The molecule has 134 valence electrons. The van der Waals surface area contributed by atoms with Gasteiger partial charge in [-0.1, -0.05) is 35.7 Å². The molecule has 8 heteroatoms. The van der Waals surface area contributed by atoms with Crippen LogP contribution in [0.25, 0.3) is 10.6 Å². The number of rotatable bonds is 8. The van der Waals surface area contributed by atoms with E-state index in [1.807, 2.05) is 6.07 Å². The van der Waals surface area contributed by atoms with Gasteiger partial charge in [-0.15, -0.1) is 11.3 Å². The summed E-state index contributed by atoms with van der Waals surface area (Å²) in [5.74, 6) is -0.420. The highest BCUT2D eigenvalue weighted by molar-refractivity contribution is 7.13. The second kappa shape index (κ2) is 9.75. The molecule has 0 aliphatic rings. The number of hydrogen-bond donors (Lipinski definition) is 1. The average molecular weight is 401 g/mol. The second-order valence-electron chi connectivity index (χ2n) is 5.31. The van der Waals surface area contributed by atoms with Gasteiger partial charge in [0.1, 0.15) is 10.7 Å². The van der Waals surface area contributed by atoms with E-state index in [9.17, 15) is 9.59 Å². The van der Waals surface area contributed by atoms with Crippen molar-refractivity contribution in [3.63, 3.8) is 0 Å². The lowest BCUT2D eigenvalue weighted by molar-refractivity contribution is -0.140. The van der Waals surface area contributed by atoms with Crippen molar-refractivity contribution in [1.82, 2.24) is 10.3 Å². The maximum atomic E-state index is 12.1. The quantitative estimate of drug-likeness (QED) is 0.519. The Morgan fingerprint density at radius 1 is 1.20 bits per heavy atom. The maximum absolute atomic E-state index is 12.1. The van der Waals surface area contributed by atoms with Crippen LogP contribution in [0.2, 0.25) is 10.0 Å². The lowest BCUT2D eigenvalue weighted by Crippen LogP contribution is -2.24. The van der Waals surface area contributed by atoms with E-state index in [0.29, 0.717) is 33.7 Å². The Labute approximate surface area is 160 Å². The highest BCUT2D eigenvalue weighted by Crippen LogP contribution is 2.30. The molecule has 0 bridgehead atoms. The van der Waals surface area contributed by atoms with Gasteiger partial charge in [0.15, 0.2) is 0 Å². The van der Waals surface area contributed by atoms with Crippen LogP contribution in [0.15, 0.2) is 23.6 Å². The lowest BCUT2D eigenvalue weighted by atomic mass is 10.2. The van der Waals surface area contributed by atoms with E-state index in [1.54, 1.807) is 17.5 Å². The van der Waals surface area contributed by atoms with Gasteiger partial charge in [-0.2, -0.15) is 0 Å². The minimum absolute atomic E-state index is 0.207. The molecule has 0 radical (unpaired) electrons. The zero-order valence-electron chi connectivity index (χ0n) is 13.7. The van der Waals surface area contributed by atoms with Crippen LogP contribution < -0.4 is 5.32 Å². The number of methoxy groups -OCH3 is 1. The maximum Gasteiger partial charge on any atom is 0.305 e. The minimum Gasteiger partial charge on any atom is -0.469 e. The second-order valence-corrected chi connectivity index (χ2v) is 6.98. The fourth-order valence-electron chi connectivity index (χ4n) is 2.11. The molecule has 0 spiro atoms. The number of aromatic nitrogens is 1. The van der Waals surface area contributed by atoms with Crippen molar-refractivity contribution in [2.24, 2.45) is 0 Å². The Morgan fingerprint density at radius 2 is 2.00 bits per heavy atom. The number of unbranched alkanes of at least 4 members (excludes halogenated alkanes) is 2. The van der Waals surface area contributed by atoms with E-state index < -0.39 is 0 Å². The summed E-state index contributed by atoms with van der Waals surface area (Å²) >= 11 is 13.3. The molecule has 1 aromatic carbocycles. The molecule has 0 aliphatic heterocycles. The van der Waals surface area contributed by atoms with Crippen molar-refractivity contribution in [3.8, 4) is 10.6 Å². The summed E-state index contributed by atoms with van der Waals surface area (Å²) in [4.78, 5) is 27.4. The van der Waals surface area contributed by atoms with Gasteiger partial charge in [0.2, 0.25) is 0 Å². The van der Waals surface area contributed by atoms with Crippen LogP contribution >= 0.6 is 34.5 Å². The van der Waals surface area contributed by atoms with Gasteiger partial charge in [0.25, 0.3) is 5.91 Å². The van der Waals surface area contributed by atoms with Gasteiger partial charge >= 0.3 is 5.97 Å². The van der Waals surface area contributed by atoms with Crippen molar-refractivity contribution < 1.29 is 14.3 Å². The number of benzene rings is 1. The molecular formula is C17H18Cl2N2O3S. The number of halogens is 2. The Morgan fingerprint density at radius 3 is 2.72 bits per heavy atom. The van der Waals surface area contributed by atoms with E-state index in [-0.39, 0.29) is 11.9 Å². The molecular weight excluding hydrogens is 383 g/mol. The SMILES string of the molecule is COC(=O)CCCCCNC(=O)c1csc(-c2ccc(Cl)c(Cl)c2)n1. The van der Waals surface area contributed by atoms with Gasteiger partial charge in [0, 0.05) is 23.9 Å². The average Bonchev–Trinajstić information content (AvgIpc) is 3.10. The molecule has 0 unspecified atom stereocenters. The largest absolute Gasteiger partial charge is 0.469 e. The smallest absolute Gasteiger partial charge is 0.305 e. The molecule has 5 nitrogen and oxygen atoms in total. The number of nitrogens with zero attached hydrogens (tertiary/aromatic N) is 1. The van der Waals surface area contributed by atoms with E-state index in [2.05, 4.69) is 15.0 Å². The number of carbonyl (C=O) groups excluding carboxylic acids is 2. The van der Waals surface area contributed by atoms with Crippen molar-refractivity contribution in [2.75, 3.05) is 13.7 Å². The van der Waals surface area contributed by atoms with E-state index >= 15 is 0 Å². The zero-order valence-corrected chi connectivity index (χ0v) is 16.0. The van der Waals surface area contributed by atoms with Crippen LogP contribution in [0.3, 0.4) is 0 Å². The number of amides is 1. The fraction of sp³-hybridized carbons (Fsp3) is 0.353. The summed E-state index contributed by atoms with van der Waals surface area (Å²) in [6.07, 6.45) is 2.80. The van der Waals surface area contributed by atoms with E-state index in [1.165, 1.54) is 18.4 Å². The molecule has 2 aromatic rings. The molecule has 1 aromatic heterocycles. The standard InChI is InChI=1S/C17H18Cl2N2O3S/c1-24-15(22)5-3-2-4-8-20-16(23)14-10-25-17(21-14)11-6-7-12(18)13(19)9-11/h6-7,9-10H,2-5,8H2,1H3,(H,20,23). The Hall–Kier alpha value is -1.63. The first-order chi connectivity index (χ1) is 12.0. The molecule has 0 atom stereocenters. The minimum atomic E-state index is -0.212. The number of carbonyl (C=O) groups is 2. The zero-order chi connectivity index (χ0) is 18.2. The first kappa shape index (κ1) is 19.7. The monoisotopic (exact) mass is 400 g/mol. The first-order valence-corrected chi connectivity index (χ1v) is 9.41. The third-order valence-electron chi connectivity index (χ3n) is 3.47. The first-order valence-electron chi connectivity index (χ1n) is 7.77. The summed E-state index contributed by atoms with van der Waals surface area (Å²) < 4.78 is 4.57. The molecule has 0 saturated heterocycles. The molecule has 0 aliphatic carbocycles. The van der Waals surface area contributed by atoms with Crippen LogP contribution in [0, 0.1) is 0 Å². The number of hydrogen-bond acceptors (Lipinski definition) is 5. The predicted octanol–water partition coefficient (Wildman–Crippen LogP) is 4.58. The Bertz CT molecular complexity index is 749.